The number of hydrogen-bond acceptors (Lipinski definition) is 6. The molecule has 0 unspecified atom stereocenters. The summed E-state index contributed by atoms with van der Waals surface area (Å²) in [5.41, 5.74) is 4.09. The van der Waals surface area contributed by atoms with Gasteiger partial charge in [-0.05, 0) is 29.8 Å². The minimum atomic E-state index is -0.442. The normalized spacial score (nSPS) is 10.6. The number of ether oxygens (including phenoxy) is 3. The number of methoxy groups -OCH3 is 2. The highest BCUT2D eigenvalue weighted by Gasteiger charge is 2.14. The zero-order valence-electron chi connectivity index (χ0n) is 15.5. The van der Waals surface area contributed by atoms with Crippen LogP contribution in [0.3, 0.4) is 0 Å². The van der Waals surface area contributed by atoms with Gasteiger partial charge in [-0.2, -0.15) is 5.10 Å². The van der Waals surface area contributed by atoms with Crippen LogP contribution in [0.25, 0.3) is 0 Å². The van der Waals surface area contributed by atoms with E-state index in [4.69, 9.17) is 18.6 Å². The summed E-state index contributed by atoms with van der Waals surface area (Å²) in [6.45, 7) is 0.375. The van der Waals surface area contributed by atoms with Crippen LogP contribution in [0.2, 0.25) is 0 Å². The zero-order chi connectivity index (χ0) is 19.8. The molecule has 0 fully saturated rings. The third-order valence-electron chi connectivity index (χ3n) is 3.83. The van der Waals surface area contributed by atoms with Gasteiger partial charge in [0.15, 0.2) is 17.3 Å². The van der Waals surface area contributed by atoms with Crippen molar-refractivity contribution in [3.05, 3.63) is 77.7 Å². The van der Waals surface area contributed by atoms with E-state index in [0.29, 0.717) is 29.4 Å². The molecule has 0 saturated heterocycles. The molecular formula is C21H20N2O5. The summed E-state index contributed by atoms with van der Waals surface area (Å²) in [4.78, 5) is 11.8. The van der Waals surface area contributed by atoms with E-state index in [1.54, 1.807) is 38.5 Å². The van der Waals surface area contributed by atoms with Gasteiger partial charge in [0, 0.05) is 5.56 Å². The van der Waals surface area contributed by atoms with Crippen LogP contribution in [-0.4, -0.2) is 26.3 Å². The van der Waals surface area contributed by atoms with E-state index in [9.17, 15) is 4.79 Å². The maximum absolute atomic E-state index is 11.8. The molecule has 1 aromatic heterocycles. The van der Waals surface area contributed by atoms with Gasteiger partial charge in [0.25, 0.3) is 0 Å². The maximum Gasteiger partial charge on any atom is 0.307 e. The van der Waals surface area contributed by atoms with Crippen molar-refractivity contribution in [3.8, 4) is 17.2 Å². The molecule has 2 aromatic carbocycles. The van der Waals surface area contributed by atoms with Gasteiger partial charge in [0.1, 0.15) is 6.61 Å². The number of carbonyl (C=O) groups excluding carboxylic acids is 1. The summed E-state index contributed by atoms with van der Waals surface area (Å²) in [6.07, 6.45) is 2.90. The van der Waals surface area contributed by atoms with Crippen LogP contribution in [0.1, 0.15) is 21.7 Å². The lowest BCUT2D eigenvalue weighted by Gasteiger charge is -2.15. The molecule has 0 aliphatic rings. The highest BCUT2D eigenvalue weighted by atomic mass is 16.5. The van der Waals surface area contributed by atoms with Crippen molar-refractivity contribution < 1.29 is 23.4 Å². The SMILES string of the molecule is COc1cc(/C=N\NC(=O)c2ccco2)cc(OC)c1OCc1ccccc1. The molecule has 7 heteroatoms. The number of amides is 1. The van der Waals surface area contributed by atoms with Crippen molar-refractivity contribution in [2.24, 2.45) is 5.10 Å². The van der Waals surface area contributed by atoms with Gasteiger partial charge in [-0.15, -0.1) is 0 Å². The van der Waals surface area contributed by atoms with Gasteiger partial charge in [-0.25, -0.2) is 5.43 Å². The molecule has 0 aliphatic carbocycles. The molecule has 0 radical (unpaired) electrons. The first-order valence-corrected chi connectivity index (χ1v) is 8.51. The monoisotopic (exact) mass is 380 g/mol. The second kappa shape index (κ2) is 9.27. The van der Waals surface area contributed by atoms with E-state index in [0.717, 1.165) is 5.56 Å². The zero-order valence-corrected chi connectivity index (χ0v) is 15.5. The van der Waals surface area contributed by atoms with Crippen LogP contribution in [0.5, 0.6) is 17.2 Å². The molecule has 0 spiro atoms. The molecule has 3 aromatic rings. The van der Waals surface area contributed by atoms with E-state index >= 15 is 0 Å². The summed E-state index contributed by atoms with van der Waals surface area (Å²) in [7, 11) is 3.09. The summed E-state index contributed by atoms with van der Waals surface area (Å²) >= 11 is 0. The van der Waals surface area contributed by atoms with E-state index in [1.165, 1.54) is 12.5 Å². The van der Waals surface area contributed by atoms with Crippen LogP contribution in [0.15, 0.2) is 70.4 Å². The molecular weight excluding hydrogens is 360 g/mol. The number of nitrogens with one attached hydrogen (secondary N) is 1. The minimum Gasteiger partial charge on any atom is -0.493 e. The van der Waals surface area contributed by atoms with Gasteiger partial charge in [-0.1, -0.05) is 30.3 Å². The highest BCUT2D eigenvalue weighted by Crippen LogP contribution is 2.38. The van der Waals surface area contributed by atoms with E-state index < -0.39 is 5.91 Å². The first kappa shape index (κ1) is 19.0. The first-order valence-electron chi connectivity index (χ1n) is 8.51. The Balaban J connectivity index is 1.74. The number of furan rings is 1. The van der Waals surface area contributed by atoms with Crippen LogP contribution >= 0.6 is 0 Å². The lowest BCUT2D eigenvalue weighted by Crippen LogP contribution is -2.16. The number of rotatable bonds is 8. The Kier molecular flexibility index (Phi) is 6.30. The highest BCUT2D eigenvalue weighted by molar-refractivity contribution is 5.92. The molecule has 0 bridgehead atoms. The molecule has 0 saturated carbocycles. The Labute approximate surface area is 162 Å². The Hall–Kier alpha value is -3.74. The lowest BCUT2D eigenvalue weighted by atomic mass is 10.2. The fourth-order valence-corrected chi connectivity index (χ4v) is 2.48. The Morgan fingerprint density at radius 2 is 1.79 bits per heavy atom. The topological polar surface area (TPSA) is 82.3 Å². The van der Waals surface area contributed by atoms with Crippen molar-refractivity contribution in [2.45, 2.75) is 6.61 Å². The third kappa shape index (κ3) is 4.70. The molecule has 3 rings (SSSR count). The van der Waals surface area contributed by atoms with Gasteiger partial charge in [-0.3, -0.25) is 4.79 Å². The van der Waals surface area contributed by atoms with Crippen molar-refractivity contribution >= 4 is 12.1 Å². The minimum absolute atomic E-state index is 0.178. The molecule has 0 aliphatic heterocycles. The largest absolute Gasteiger partial charge is 0.493 e. The lowest BCUT2D eigenvalue weighted by molar-refractivity contribution is 0.0927. The first-order chi connectivity index (χ1) is 13.7. The quantitative estimate of drug-likeness (QED) is 0.477. The number of carbonyl (C=O) groups is 1. The average Bonchev–Trinajstić information content (AvgIpc) is 3.27. The Morgan fingerprint density at radius 3 is 2.39 bits per heavy atom. The molecule has 1 N–H and O–H groups in total. The van der Waals surface area contributed by atoms with Crippen molar-refractivity contribution in [2.75, 3.05) is 14.2 Å². The molecule has 28 heavy (non-hydrogen) atoms. The number of benzene rings is 2. The average molecular weight is 380 g/mol. The van der Waals surface area contributed by atoms with E-state index in [2.05, 4.69) is 10.5 Å². The van der Waals surface area contributed by atoms with Gasteiger partial charge >= 0.3 is 5.91 Å². The van der Waals surface area contributed by atoms with Gasteiger partial charge in [0.2, 0.25) is 5.75 Å². The Bertz CT molecular complexity index is 912. The summed E-state index contributed by atoms with van der Waals surface area (Å²) in [5.74, 6) is 1.22. The third-order valence-corrected chi connectivity index (χ3v) is 3.83. The van der Waals surface area contributed by atoms with Crippen molar-refractivity contribution in [1.82, 2.24) is 5.43 Å². The van der Waals surface area contributed by atoms with Crippen LogP contribution in [0, 0.1) is 0 Å². The second-order valence-corrected chi connectivity index (χ2v) is 5.71. The molecule has 144 valence electrons. The van der Waals surface area contributed by atoms with Crippen LogP contribution < -0.4 is 19.6 Å². The molecule has 1 amide bonds. The molecule has 0 atom stereocenters. The summed E-state index contributed by atoms with van der Waals surface area (Å²) in [6, 6.07) is 16.5. The van der Waals surface area contributed by atoms with Crippen molar-refractivity contribution in [1.29, 1.82) is 0 Å². The van der Waals surface area contributed by atoms with Gasteiger partial charge in [0.05, 0.1) is 26.7 Å². The predicted octanol–water partition coefficient (Wildman–Crippen LogP) is 3.64. The predicted molar refractivity (Wildman–Crippen MR) is 104 cm³/mol. The Morgan fingerprint density at radius 1 is 1.07 bits per heavy atom. The molecule has 7 nitrogen and oxygen atoms in total. The summed E-state index contributed by atoms with van der Waals surface area (Å²) in [5, 5.41) is 3.94. The second-order valence-electron chi connectivity index (χ2n) is 5.71. The van der Waals surface area contributed by atoms with Crippen LogP contribution in [0.4, 0.5) is 0 Å². The smallest absolute Gasteiger partial charge is 0.307 e. The number of hydrazone groups is 1. The van der Waals surface area contributed by atoms with Crippen LogP contribution in [-0.2, 0) is 6.61 Å². The number of hydrogen-bond donors (Lipinski definition) is 1. The van der Waals surface area contributed by atoms with Crippen molar-refractivity contribution in [3.63, 3.8) is 0 Å². The standard InChI is InChI=1S/C21H20N2O5/c1-25-18-11-16(13-22-23-21(24)17-9-6-10-27-17)12-19(26-2)20(18)28-14-15-7-4-3-5-8-15/h3-13H,14H2,1-2H3,(H,23,24)/b22-13-. The fraction of sp³-hybridized carbons (Fsp3) is 0.143. The number of nitrogens with zero attached hydrogens (tertiary/aromatic N) is 1. The maximum atomic E-state index is 11.8. The molecule has 1 heterocycles. The fourth-order valence-electron chi connectivity index (χ4n) is 2.48. The van der Waals surface area contributed by atoms with Gasteiger partial charge < -0.3 is 18.6 Å². The van der Waals surface area contributed by atoms with E-state index in [1.807, 2.05) is 30.3 Å². The van der Waals surface area contributed by atoms with E-state index in [-0.39, 0.29) is 5.76 Å². The summed E-state index contributed by atoms with van der Waals surface area (Å²) < 4.78 is 21.8.